The van der Waals surface area contributed by atoms with E-state index in [0.717, 1.165) is 28.2 Å². The van der Waals surface area contributed by atoms with Crippen LogP contribution in [0.15, 0.2) is 42.0 Å². The number of hydrogen-bond acceptors (Lipinski definition) is 4. The van der Waals surface area contributed by atoms with Gasteiger partial charge in [-0.3, -0.25) is 4.98 Å². The van der Waals surface area contributed by atoms with E-state index in [-0.39, 0.29) is 0 Å². The Balaban J connectivity index is 2.18. The molecule has 1 aromatic carbocycles. The van der Waals surface area contributed by atoms with Crippen molar-refractivity contribution in [2.75, 3.05) is 5.73 Å². The minimum Gasteiger partial charge on any atom is -0.383 e. The summed E-state index contributed by atoms with van der Waals surface area (Å²) >= 11 is 1.58. The summed E-state index contributed by atoms with van der Waals surface area (Å²) in [5.41, 5.74) is 11.0. The van der Waals surface area contributed by atoms with Gasteiger partial charge in [-0.25, -0.2) is 4.68 Å². The molecule has 0 atom stereocenters. The first kappa shape index (κ1) is 11.9. The molecule has 19 heavy (non-hydrogen) atoms. The lowest BCUT2D eigenvalue weighted by Gasteiger charge is -2.03. The third kappa shape index (κ3) is 2.02. The number of para-hydroxylation sites is 1. The monoisotopic (exact) mass is 270 g/mol. The minimum absolute atomic E-state index is 0.706. The van der Waals surface area contributed by atoms with E-state index in [1.807, 2.05) is 42.0 Å². The van der Waals surface area contributed by atoms with E-state index in [2.05, 4.69) is 17.0 Å². The van der Waals surface area contributed by atoms with E-state index in [9.17, 15) is 0 Å². The van der Waals surface area contributed by atoms with Crippen molar-refractivity contribution in [2.24, 2.45) is 0 Å². The van der Waals surface area contributed by atoms with Gasteiger partial charge in [0.25, 0.3) is 0 Å². The van der Waals surface area contributed by atoms with Crippen LogP contribution in [0.25, 0.3) is 16.3 Å². The molecular formula is C14H14N4S. The maximum absolute atomic E-state index is 6.24. The Morgan fingerprint density at radius 3 is 2.68 bits per heavy atom. The number of nitrogens with two attached hydrogens (primary N) is 1. The highest BCUT2D eigenvalue weighted by Crippen LogP contribution is 2.31. The van der Waals surface area contributed by atoms with Gasteiger partial charge in [-0.15, -0.1) is 11.3 Å². The Bertz CT molecular complexity index is 671. The average molecular weight is 270 g/mol. The highest BCUT2D eigenvalue weighted by atomic mass is 32.1. The molecule has 0 unspecified atom stereocenters. The summed E-state index contributed by atoms with van der Waals surface area (Å²) in [4.78, 5) is 5.17. The highest BCUT2D eigenvalue weighted by Gasteiger charge is 2.17. The van der Waals surface area contributed by atoms with Crippen LogP contribution in [0.2, 0.25) is 0 Å². The molecule has 0 aliphatic carbocycles. The van der Waals surface area contributed by atoms with Crippen LogP contribution in [-0.4, -0.2) is 14.8 Å². The van der Waals surface area contributed by atoms with Gasteiger partial charge in [-0.1, -0.05) is 25.1 Å². The molecule has 2 heterocycles. The Morgan fingerprint density at radius 2 is 2.05 bits per heavy atom. The molecule has 3 aromatic rings. The zero-order chi connectivity index (χ0) is 13.2. The molecule has 0 bridgehead atoms. The van der Waals surface area contributed by atoms with Crippen molar-refractivity contribution in [1.82, 2.24) is 14.8 Å². The topological polar surface area (TPSA) is 56.7 Å². The molecule has 2 N–H and O–H groups in total. The minimum atomic E-state index is 0.706. The number of anilines is 1. The second-order valence-corrected chi connectivity index (χ2v) is 5.07. The molecule has 0 fully saturated rings. The summed E-state index contributed by atoms with van der Waals surface area (Å²) in [6.07, 6.45) is 2.69. The first-order valence-corrected chi connectivity index (χ1v) is 7.01. The van der Waals surface area contributed by atoms with Gasteiger partial charge in [0.15, 0.2) is 0 Å². The van der Waals surface area contributed by atoms with E-state index >= 15 is 0 Å². The molecule has 0 saturated heterocycles. The lowest BCUT2D eigenvalue weighted by molar-refractivity contribution is 0.895. The number of thiazole rings is 1. The summed E-state index contributed by atoms with van der Waals surface area (Å²) < 4.78 is 1.80. The normalized spacial score (nSPS) is 10.8. The first-order valence-electron chi connectivity index (χ1n) is 6.13. The fraction of sp³-hybridized carbons (Fsp3) is 0.143. The number of aromatic nitrogens is 3. The molecule has 3 rings (SSSR count). The smallest absolute Gasteiger partial charge is 0.131 e. The number of benzene rings is 1. The van der Waals surface area contributed by atoms with Crippen molar-refractivity contribution in [1.29, 1.82) is 0 Å². The van der Waals surface area contributed by atoms with Crippen LogP contribution in [0, 0.1) is 0 Å². The first-order chi connectivity index (χ1) is 9.31. The summed E-state index contributed by atoms with van der Waals surface area (Å²) in [6, 6.07) is 9.94. The van der Waals surface area contributed by atoms with Crippen molar-refractivity contribution < 1.29 is 0 Å². The Labute approximate surface area is 115 Å². The summed E-state index contributed by atoms with van der Waals surface area (Å²) in [6.45, 7) is 2.09. The van der Waals surface area contributed by atoms with Gasteiger partial charge in [0.05, 0.1) is 16.1 Å². The Morgan fingerprint density at radius 1 is 1.26 bits per heavy atom. The molecule has 5 heteroatoms. The fourth-order valence-corrected chi connectivity index (χ4v) is 2.74. The van der Waals surface area contributed by atoms with E-state index in [1.165, 1.54) is 0 Å². The van der Waals surface area contributed by atoms with Crippen LogP contribution in [0.3, 0.4) is 0 Å². The van der Waals surface area contributed by atoms with Crippen LogP contribution < -0.4 is 5.73 Å². The largest absolute Gasteiger partial charge is 0.383 e. The van der Waals surface area contributed by atoms with Crippen molar-refractivity contribution >= 4 is 17.2 Å². The van der Waals surface area contributed by atoms with Crippen LogP contribution in [-0.2, 0) is 6.42 Å². The number of nitrogen functional groups attached to an aromatic ring is 1. The van der Waals surface area contributed by atoms with Gasteiger partial charge in [-0.2, -0.15) is 5.10 Å². The van der Waals surface area contributed by atoms with Crippen molar-refractivity contribution in [2.45, 2.75) is 13.3 Å². The zero-order valence-electron chi connectivity index (χ0n) is 10.6. The molecule has 0 aliphatic heterocycles. The molecule has 96 valence electrons. The fourth-order valence-electron chi connectivity index (χ4n) is 2.11. The second-order valence-electron chi connectivity index (χ2n) is 4.18. The molecule has 0 aliphatic rings. The standard InChI is InChI=1S/C14H14N4S/c1-2-11-13(12-8-16-9-19-12)17-18(14(11)15)10-6-4-3-5-7-10/h3-9H,2,15H2,1H3. The summed E-state index contributed by atoms with van der Waals surface area (Å²) in [5.74, 6) is 0.706. The van der Waals surface area contributed by atoms with Gasteiger partial charge >= 0.3 is 0 Å². The third-order valence-electron chi connectivity index (χ3n) is 3.04. The quantitative estimate of drug-likeness (QED) is 0.795. The number of nitrogens with zero attached hydrogens (tertiary/aromatic N) is 3. The Kier molecular flexibility index (Phi) is 3.05. The van der Waals surface area contributed by atoms with E-state index < -0.39 is 0 Å². The molecule has 2 aromatic heterocycles. The van der Waals surface area contributed by atoms with Crippen molar-refractivity contribution in [3.05, 3.63) is 47.6 Å². The highest BCUT2D eigenvalue weighted by molar-refractivity contribution is 7.13. The van der Waals surface area contributed by atoms with Gasteiger partial charge in [0.1, 0.15) is 11.5 Å². The maximum atomic E-state index is 6.24. The van der Waals surface area contributed by atoms with Crippen LogP contribution >= 0.6 is 11.3 Å². The van der Waals surface area contributed by atoms with Gasteiger partial charge in [0.2, 0.25) is 0 Å². The molecule has 0 amide bonds. The molecule has 0 saturated carbocycles. The lowest BCUT2D eigenvalue weighted by atomic mass is 10.1. The van der Waals surface area contributed by atoms with Gasteiger partial charge in [0, 0.05) is 11.8 Å². The average Bonchev–Trinajstić information content (AvgIpc) is 3.07. The maximum Gasteiger partial charge on any atom is 0.131 e. The molecule has 0 radical (unpaired) electrons. The van der Waals surface area contributed by atoms with Crippen molar-refractivity contribution in [3.63, 3.8) is 0 Å². The molecule has 0 spiro atoms. The SMILES string of the molecule is CCc1c(-c2cncs2)nn(-c2ccccc2)c1N. The number of hydrogen-bond donors (Lipinski definition) is 1. The van der Waals surface area contributed by atoms with Crippen molar-refractivity contribution in [3.8, 4) is 16.3 Å². The van der Waals surface area contributed by atoms with Crippen LogP contribution in [0.4, 0.5) is 5.82 Å². The van der Waals surface area contributed by atoms with Crippen LogP contribution in [0.1, 0.15) is 12.5 Å². The predicted octanol–water partition coefficient (Wildman–Crippen LogP) is 3.14. The van der Waals surface area contributed by atoms with Crippen LogP contribution in [0.5, 0.6) is 0 Å². The number of rotatable bonds is 3. The van der Waals surface area contributed by atoms with E-state index in [0.29, 0.717) is 5.82 Å². The predicted molar refractivity (Wildman–Crippen MR) is 78.5 cm³/mol. The zero-order valence-corrected chi connectivity index (χ0v) is 11.4. The second kappa shape index (κ2) is 4.85. The Hall–Kier alpha value is -2.14. The van der Waals surface area contributed by atoms with E-state index in [1.54, 1.807) is 16.0 Å². The summed E-state index contributed by atoms with van der Waals surface area (Å²) in [7, 11) is 0. The van der Waals surface area contributed by atoms with Gasteiger partial charge < -0.3 is 5.73 Å². The molecular weight excluding hydrogens is 256 g/mol. The van der Waals surface area contributed by atoms with Gasteiger partial charge in [-0.05, 0) is 18.6 Å². The van der Waals surface area contributed by atoms with E-state index in [4.69, 9.17) is 5.73 Å². The summed E-state index contributed by atoms with van der Waals surface area (Å²) in [5, 5.41) is 4.66. The third-order valence-corrected chi connectivity index (χ3v) is 3.82. The molecule has 4 nitrogen and oxygen atoms in total. The lowest BCUT2D eigenvalue weighted by Crippen LogP contribution is -2.02.